The number of halogens is 3. The number of rotatable bonds is 2. The summed E-state index contributed by atoms with van der Waals surface area (Å²) in [6.45, 7) is 1.70. The highest BCUT2D eigenvalue weighted by molar-refractivity contribution is 7.92. The lowest BCUT2D eigenvalue weighted by Gasteiger charge is -2.00. The van der Waals surface area contributed by atoms with Crippen LogP contribution in [0.1, 0.15) is 11.6 Å². The van der Waals surface area contributed by atoms with Crippen molar-refractivity contribution in [2.75, 3.05) is 12.5 Å². The van der Waals surface area contributed by atoms with Gasteiger partial charge in [0.15, 0.2) is 5.82 Å². The topological polar surface area (TPSA) is 85.7 Å². The molecule has 3 rings (SSSR count). The minimum atomic E-state index is -4.70. The fourth-order valence-electron chi connectivity index (χ4n) is 2.06. The Balaban J connectivity index is 2.11. The first-order chi connectivity index (χ1) is 11.0. The van der Waals surface area contributed by atoms with Crippen LogP contribution in [0.2, 0.25) is 0 Å². The highest BCUT2D eigenvalue weighted by atomic mass is 32.2. The second-order valence-electron chi connectivity index (χ2n) is 5.36. The summed E-state index contributed by atoms with van der Waals surface area (Å²) in [6, 6.07) is 3.01. The average molecular weight is 359 g/mol. The van der Waals surface area contributed by atoms with Crippen molar-refractivity contribution in [1.82, 2.24) is 19.5 Å². The Hall–Kier alpha value is -2.43. The zero-order valence-corrected chi connectivity index (χ0v) is 13.6. The van der Waals surface area contributed by atoms with Gasteiger partial charge in [-0.1, -0.05) is 5.16 Å². The molecular weight excluding hydrogens is 347 g/mol. The van der Waals surface area contributed by atoms with E-state index in [-0.39, 0.29) is 5.82 Å². The summed E-state index contributed by atoms with van der Waals surface area (Å²) >= 11 is 0. The van der Waals surface area contributed by atoms with E-state index in [1.807, 2.05) is 0 Å². The summed E-state index contributed by atoms with van der Waals surface area (Å²) in [4.78, 5) is 7.61. The summed E-state index contributed by atoms with van der Waals surface area (Å²) in [5.41, 5.74) is 1.28. The summed E-state index contributed by atoms with van der Waals surface area (Å²) in [5.74, 6) is -1.18. The molecule has 11 heteroatoms. The van der Waals surface area contributed by atoms with Crippen molar-refractivity contribution in [3.05, 3.63) is 29.9 Å². The predicted octanol–water partition coefficient (Wildman–Crippen LogP) is 3.07. The standard InChI is InChI=1S/C13H12F3N5O2S/c1-7-11(20-24(2,3)22)21-5-4-8(6-9(21)17-7)10-18-12(23-19-10)13(14,15)16/h4-6H,1-3H3. The molecule has 0 aromatic carbocycles. The number of fused-ring (bicyclic) bond motifs is 1. The zero-order chi connectivity index (χ0) is 17.7. The van der Waals surface area contributed by atoms with Crippen LogP contribution >= 0.6 is 0 Å². The molecule has 0 radical (unpaired) electrons. The normalized spacial score (nSPS) is 12.8. The van der Waals surface area contributed by atoms with Gasteiger partial charge in [-0.3, -0.25) is 4.40 Å². The molecule has 0 amide bonds. The van der Waals surface area contributed by atoms with E-state index in [1.165, 1.54) is 24.6 Å². The maximum Gasteiger partial charge on any atom is 0.471 e. The molecule has 0 atom stereocenters. The molecule has 0 spiro atoms. The molecule has 0 aliphatic heterocycles. The van der Waals surface area contributed by atoms with Crippen LogP contribution in [0.4, 0.5) is 19.0 Å². The molecule has 3 heterocycles. The Morgan fingerprint density at radius 2 is 2.00 bits per heavy atom. The number of aryl methyl sites for hydroxylation is 1. The Morgan fingerprint density at radius 3 is 2.58 bits per heavy atom. The van der Waals surface area contributed by atoms with Crippen molar-refractivity contribution >= 4 is 21.2 Å². The molecule has 3 aromatic rings. The van der Waals surface area contributed by atoms with E-state index >= 15 is 0 Å². The molecule has 0 bridgehead atoms. The van der Waals surface area contributed by atoms with Crippen molar-refractivity contribution in [1.29, 1.82) is 0 Å². The van der Waals surface area contributed by atoms with E-state index in [0.29, 0.717) is 22.7 Å². The van der Waals surface area contributed by atoms with Crippen LogP contribution in [-0.4, -0.2) is 36.2 Å². The van der Waals surface area contributed by atoms with Crippen LogP contribution in [0.15, 0.2) is 27.2 Å². The molecular formula is C13H12F3N5O2S. The van der Waals surface area contributed by atoms with E-state index in [9.17, 15) is 17.4 Å². The van der Waals surface area contributed by atoms with Crippen molar-refractivity contribution in [2.24, 2.45) is 4.36 Å². The number of hydrogen-bond acceptors (Lipinski definition) is 6. The minimum Gasteiger partial charge on any atom is -0.329 e. The van der Waals surface area contributed by atoms with Crippen LogP contribution < -0.4 is 0 Å². The van der Waals surface area contributed by atoms with Gasteiger partial charge in [-0.25, -0.2) is 9.19 Å². The third kappa shape index (κ3) is 3.11. The maximum absolute atomic E-state index is 12.5. The monoisotopic (exact) mass is 359 g/mol. The fraction of sp³-hybridized carbons (Fsp3) is 0.308. The van der Waals surface area contributed by atoms with E-state index in [4.69, 9.17) is 0 Å². The minimum absolute atomic E-state index is 0.196. The first kappa shape index (κ1) is 16.4. The van der Waals surface area contributed by atoms with Gasteiger partial charge >= 0.3 is 12.1 Å². The largest absolute Gasteiger partial charge is 0.471 e. The molecule has 0 saturated heterocycles. The maximum atomic E-state index is 12.5. The van der Waals surface area contributed by atoms with Crippen LogP contribution in [0, 0.1) is 6.92 Å². The number of aromatic nitrogens is 4. The molecule has 0 saturated carbocycles. The molecule has 0 fully saturated rings. The third-order valence-electron chi connectivity index (χ3n) is 3.00. The highest BCUT2D eigenvalue weighted by Crippen LogP contribution is 2.30. The summed E-state index contributed by atoms with van der Waals surface area (Å²) in [6.07, 6.45) is -0.150. The van der Waals surface area contributed by atoms with Gasteiger partial charge in [0.1, 0.15) is 5.65 Å². The van der Waals surface area contributed by atoms with E-state index in [2.05, 4.69) is 24.0 Å². The average Bonchev–Trinajstić information content (AvgIpc) is 3.02. The molecule has 0 aliphatic carbocycles. The number of alkyl halides is 3. The van der Waals surface area contributed by atoms with E-state index in [0.717, 1.165) is 0 Å². The van der Waals surface area contributed by atoms with Gasteiger partial charge in [0.25, 0.3) is 0 Å². The first-order valence-electron chi connectivity index (χ1n) is 6.62. The molecule has 0 unspecified atom stereocenters. The summed E-state index contributed by atoms with van der Waals surface area (Å²) < 4.78 is 59.4. The van der Waals surface area contributed by atoms with Gasteiger partial charge in [-0.05, 0) is 19.1 Å². The van der Waals surface area contributed by atoms with E-state index in [1.54, 1.807) is 17.5 Å². The van der Waals surface area contributed by atoms with Crippen molar-refractivity contribution in [2.45, 2.75) is 13.1 Å². The van der Waals surface area contributed by atoms with Gasteiger partial charge < -0.3 is 4.52 Å². The third-order valence-corrected chi connectivity index (χ3v) is 3.61. The number of hydrogen-bond donors (Lipinski definition) is 0. The Kier molecular flexibility index (Phi) is 3.62. The second-order valence-corrected chi connectivity index (χ2v) is 7.90. The van der Waals surface area contributed by atoms with E-state index < -0.39 is 21.8 Å². The van der Waals surface area contributed by atoms with Crippen molar-refractivity contribution < 1.29 is 21.9 Å². The first-order valence-corrected chi connectivity index (χ1v) is 8.95. The second kappa shape index (κ2) is 5.30. The van der Waals surface area contributed by atoms with Gasteiger partial charge in [0.05, 0.1) is 5.69 Å². The molecule has 0 N–H and O–H groups in total. The number of nitrogens with zero attached hydrogens (tertiary/aromatic N) is 5. The van der Waals surface area contributed by atoms with Crippen LogP contribution in [-0.2, 0) is 15.9 Å². The Labute approximate surface area is 134 Å². The lowest BCUT2D eigenvalue weighted by Crippen LogP contribution is -2.04. The lowest BCUT2D eigenvalue weighted by molar-refractivity contribution is -0.159. The summed E-state index contributed by atoms with van der Waals surface area (Å²) in [7, 11) is -2.39. The quantitative estimate of drug-likeness (QED) is 0.702. The van der Waals surface area contributed by atoms with Crippen LogP contribution in [0.5, 0.6) is 0 Å². The Bertz CT molecular complexity index is 1040. The fourth-order valence-corrected chi connectivity index (χ4v) is 2.70. The van der Waals surface area contributed by atoms with Gasteiger partial charge in [0.2, 0.25) is 5.82 Å². The van der Waals surface area contributed by atoms with Gasteiger partial charge in [0, 0.05) is 34.0 Å². The lowest BCUT2D eigenvalue weighted by atomic mass is 10.2. The van der Waals surface area contributed by atoms with Crippen LogP contribution in [0.25, 0.3) is 17.0 Å². The molecule has 3 aromatic heterocycles. The highest BCUT2D eigenvalue weighted by Gasteiger charge is 2.38. The van der Waals surface area contributed by atoms with Crippen LogP contribution in [0.3, 0.4) is 0 Å². The molecule has 128 valence electrons. The van der Waals surface area contributed by atoms with Crippen molar-refractivity contribution in [3.63, 3.8) is 0 Å². The number of pyridine rings is 1. The van der Waals surface area contributed by atoms with Gasteiger partial charge in [-0.15, -0.1) is 0 Å². The SMILES string of the molecule is Cc1nc2cc(-c3noc(C(F)(F)F)n3)ccn2c1N=S(C)(C)=O. The molecule has 24 heavy (non-hydrogen) atoms. The molecule has 0 aliphatic rings. The summed E-state index contributed by atoms with van der Waals surface area (Å²) in [5, 5.41) is 3.34. The van der Waals surface area contributed by atoms with Crippen molar-refractivity contribution in [3.8, 4) is 11.4 Å². The zero-order valence-electron chi connectivity index (χ0n) is 12.8. The number of imidazole rings is 1. The smallest absolute Gasteiger partial charge is 0.329 e. The van der Waals surface area contributed by atoms with Gasteiger partial charge in [-0.2, -0.15) is 22.5 Å². The Morgan fingerprint density at radius 1 is 1.29 bits per heavy atom. The predicted molar refractivity (Wildman–Crippen MR) is 80.3 cm³/mol. The molecule has 7 nitrogen and oxygen atoms in total.